The van der Waals surface area contributed by atoms with Crippen molar-refractivity contribution < 1.29 is 28.2 Å². The summed E-state index contributed by atoms with van der Waals surface area (Å²) in [6.45, 7) is 1.80. The molecule has 0 unspecified atom stereocenters. The molecular formula is C20H17Cl2F2N5O4S. The highest BCUT2D eigenvalue weighted by Gasteiger charge is 2.34. The molecule has 3 aromatic heterocycles. The number of nitrogens with zero attached hydrogens (tertiary/aromatic N) is 3. The zero-order valence-corrected chi connectivity index (χ0v) is 19.8. The highest BCUT2D eigenvalue weighted by molar-refractivity contribution is 7.18. The van der Waals surface area contributed by atoms with Gasteiger partial charge in [-0.15, -0.1) is 0 Å². The molecule has 4 rings (SSSR count). The third kappa shape index (κ3) is 4.79. The van der Waals surface area contributed by atoms with E-state index in [2.05, 4.69) is 20.3 Å². The molecule has 34 heavy (non-hydrogen) atoms. The van der Waals surface area contributed by atoms with Gasteiger partial charge in [-0.25, -0.2) is 18.6 Å². The normalized spacial score (nSPS) is 18.1. The first-order valence-electron chi connectivity index (χ1n) is 9.91. The molecule has 1 fully saturated rings. The largest absolute Gasteiger partial charge is 0.512 e. The minimum absolute atomic E-state index is 0.0520. The topological polar surface area (TPSA) is 120 Å². The SMILES string of the molecule is Cc1[nH]c(C(=O)N[C@@H]2CCN(c3nc(-c4ncccc4F)c(OC(=O)O)s3)C[C@@H]2F)c(Cl)c1Cl. The molecule has 4 heterocycles. The van der Waals surface area contributed by atoms with E-state index >= 15 is 4.39 Å². The fourth-order valence-corrected chi connectivity index (χ4v) is 4.86. The van der Waals surface area contributed by atoms with Gasteiger partial charge >= 0.3 is 6.16 Å². The lowest BCUT2D eigenvalue weighted by atomic mass is 10.0. The summed E-state index contributed by atoms with van der Waals surface area (Å²) in [7, 11) is 0. The van der Waals surface area contributed by atoms with Gasteiger partial charge in [0.25, 0.3) is 5.91 Å². The molecule has 0 aliphatic carbocycles. The van der Waals surface area contributed by atoms with E-state index in [1.54, 1.807) is 11.8 Å². The Bertz CT molecular complexity index is 1250. The van der Waals surface area contributed by atoms with E-state index < -0.39 is 30.1 Å². The molecule has 1 aliphatic heterocycles. The van der Waals surface area contributed by atoms with Gasteiger partial charge in [-0.1, -0.05) is 34.5 Å². The Kier molecular flexibility index (Phi) is 6.91. The molecule has 0 spiro atoms. The van der Waals surface area contributed by atoms with Crippen molar-refractivity contribution >= 4 is 51.7 Å². The summed E-state index contributed by atoms with van der Waals surface area (Å²) >= 11 is 12.9. The van der Waals surface area contributed by atoms with Gasteiger partial charge in [0.15, 0.2) is 10.9 Å². The minimum Gasteiger partial charge on any atom is -0.449 e. The maximum atomic E-state index is 15.0. The number of hydrogen-bond acceptors (Lipinski definition) is 7. The standard InChI is InChI=1S/C20H17Cl2F2N5O4S/c1-8-12(21)13(22)15(26-8)17(30)27-11-4-6-29(7-10(11)24)19-28-16(18(34-19)33-20(31)32)14-9(23)3-2-5-25-14/h2-3,5,10-11,26H,4,6-7H2,1H3,(H,27,30)(H,31,32)/t10-,11+/m0/s1. The summed E-state index contributed by atoms with van der Waals surface area (Å²) in [4.78, 5) is 36.2. The van der Waals surface area contributed by atoms with Crippen LogP contribution in [-0.4, -0.2) is 57.4 Å². The molecule has 2 atom stereocenters. The number of thiazole rings is 1. The van der Waals surface area contributed by atoms with Gasteiger partial charge in [-0.3, -0.25) is 9.78 Å². The summed E-state index contributed by atoms with van der Waals surface area (Å²) in [5.74, 6) is -1.29. The van der Waals surface area contributed by atoms with Crippen molar-refractivity contribution in [3.8, 4) is 16.5 Å². The van der Waals surface area contributed by atoms with Crippen molar-refractivity contribution in [2.24, 2.45) is 0 Å². The molecule has 14 heteroatoms. The van der Waals surface area contributed by atoms with Crippen LogP contribution in [0.1, 0.15) is 22.6 Å². The first kappa shape index (κ1) is 24.2. The van der Waals surface area contributed by atoms with E-state index in [0.29, 0.717) is 5.69 Å². The summed E-state index contributed by atoms with van der Waals surface area (Å²) in [5, 5.41) is 12.0. The maximum absolute atomic E-state index is 15.0. The number of aryl methyl sites for hydroxylation is 1. The summed E-state index contributed by atoms with van der Waals surface area (Å²) in [5.41, 5.74) is 0.292. The predicted molar refractivity (Wildman–Crippen MR) is 122 cm³/mol. The molecule has 1 aliphatic rings. The second-order valence-corrected chi connectivity index (χ2v) is 9.11. The summed E-state index contributed by atoms with van der Waals surface area (Å²) in [6, 6.07) is 1.74. The number of ether oxygens (including phenoxy) is 1. The van der Waals surface area contributed by atoms with Crippen LogP contribution in [0.5, 0.6) is 5.06 Å². The van der Waals surface area contributed by atoms with Crippen LogP contribution in [0.3, 0.4) is 0 Å². The number of rotatable bonds is 5. The molecule has 3 N–H and O–H groups in total. The number of hydrogen-bond donors (Lipinski definition) is 3. The minimum atomic E-state index is -1.60. The van der Waals surface area contributed by atoms with Crippen LogP contribution < -0.4 is 15.0 Å². The lowest BCUT2D eigenvalue weighted by Crippen LogP contribution is -2.52. The van der Waals surface area contributed by atoms with Crippen LogP contribution in [0.4, 0.5) is 18.7 Å². The Balaban J connectivity index is 1.50. The summed E-state index contributed by atoms with van der Waals surface area (Å²) < 4.78 is 34.0. The number of amides is 1. The molecule has 1 amide bonds. The van der Waals surface area contributed by atoms with E-state index in [0.717, 1.165) is 17.4 Å². The number of nitrogens with one attached hydrogen (secondary N) is 2. The lowest BCUT2D eigenvalue weighted by Gasteiger charge is -2.34. The van der Waals surface area contributed by atoms with Crippen molar-refractivity contribution in [1.82, 2.24) is 20.3 Å². The highest BCUT2D eigenvalue weighted by atomic mass is 35.5. The van der Waals surface area contributed by atoms with Crippen LogP contribution >= 0.6 is 34.5 Å². The first-order valence-corrected chi connectivity index (χ1v) is 11.5. The molecule has 0 radical (unpaired) electrons. The Hall–Kier alpha value is -2.96. The van der Waals surface area contributed by atoms with Gasteiger partial charge in [0.2, 0.25) is 5.06 Å². The Morgan fingerprint density at radius 3 is 2.74 bits per heavy atom. The molecule has 3 aromatic rings. The van der Waals surface area contributed by atoms with Gasteiger partial charge in [-0.2, -0.15) is 0 Å². The van der Waals surface area contributed by atoms with Crippen molar-refractivity contribution in [3.63, 3.8) is 0 Å². The fraction of sp³-hybridized carbons (Fsp3) is 0.300. The van der Waals surface area contributed by atoms with Crippen molar-refractivity contribution in [3.05, 3.63) is 45.6 Å². The van der Waals surface area contributed by atoms with E-state index in [-0.39, 0.29) is 56.8 Å². The Labute approximate surface area is 205 Å². The van der Waals surface area contributed by atoms with Crippen LogP contribution in [-0.2, 0) is 0 Å². The van der Waals surface area contributed by atoms with E-state index in [1.807, 2.05) is 0 Å². The second kappa shape index (κ2) is 9.72. The van der Waals surface area contributed by atoms with Gasteiger partial charge in [0.1, 0.15) is 23.3 Å². The highest BCUT2D eigenvalue weighted by Crippen LogP contribution is 2.40. The van der Waals surface area contributed by atoms with Crippen LogP contribution in [0.15, 0.2) is 18.3 Å². The quantitative estimate of drug-likeness (QED) is 0.408. The number of pyridine rings is 1. The lowest BCUT2D eigenvalue weighted by molar-refractivity contribution is 0.0894. The average molecular weight is 532 g/mol. The number of aromatic amines is 1. The van der Waals surface area contributed by atoms with E-state index in [1.165, 1.54) is 12.3 Å². The van der Waals surface area contributed by atoms with Crippen LogP contribution in [0, 0.1) is 12.7 Å². The van der Waals surface area contributed by atoms with Gasteiger partial charge in [0, 0.05) is 18.4 Å². The Morgan fingerprint density at radius 2 is 2.12 bits per heavy atom. The number of anilines is 1. The smallest absolute Gasteiger partial charge is 0.449 e. The van der Waals surface area contributed by atoms with Crippen molar-refractivity contribution in [2.45, 2.75) is 25.6 Å². The molecule has 9 nitrogen and oxygen atoms in total. The van der Waals surface area contributed by atoms with E-state index in [9.17, 15) is 14.0 Å². The monoisotopic (exact) mass is 531 g/mol. The molecule has 1 saturated heterocycles. The number of carboxylic acid groups (broad SMARTS) is 1. The Morgan fingerprint density at radius 1 is 1.35 bits per heavy atom. The molecule has 0 saturated carbocycles. The number of H-pyrrole nitrogens is 1. The van der Waals surface area contributed by atoms with Crippen molar-refractivity contribution in [1.29, 1.82) is 0 Å². The average Bonchev–Trinajstić information content (AvgIpc) is 3.31. The maximum Gasteiger partial charge on any atom is 0.512 e. The van der Waals surface area contributed by atoms with Crippen LogP contribution in [0.25, 0.3) is 11.4 Å². The van der Waals surface area contributed by atoms with Gasteiger partial charge in [-0.05, 0) is 25.5 Å². The summed E-state index contributed by atoms with van der Waals surface area (Å²) in [6.07, 6.45) is -1.53. The van der Waals surface area contributed by atoms with Crippen LogP contribution in [0.2, 0.25) is 10.0 Å². The fourth-order valence-electron chi connectivity index (χ4n) is 3.50. The third-order valence-electron chi connectivity index (χ3n) is 5.16. The molecular weight excluding hydrogens is 515 g/mol. The predicted octanol–water partition coefficient (Wildman–Crippen LogP) is 4.69. The molecule has 0 bridgehead atoms. The second-order valence-electron chi connectivity index (χ2n) is 7.42. The zero-order chi connectivity index (χ0) is 24.6. The number of carbonyl (C=O) groups excluding carboxylic acids is 1. The number of aromatic nitrogens is 3. The van der Waals surface area contributed by atoms with E-state index in [4.69, 9.17) is 33.0 Å². The third-order valence-corrected chi connectivity index (χ3v) is 7.10. The number of carbonyl (C=O) groups is 2. The van der Waals surface area contributed by atoms with Gasteiger partial charge in [0.05, 0.1) is 22.6 Å². The zero-order valence-electron chi connectivity index (χ0n) is 17.4. The van der Waals surface area contributed by atoms with Crippen molar-refractivity contribution in [2.75, 3.05) is 18.0 Å². The van der Waals surface area contributed by atoms with Gasteiger partial charge < -0.3 is 25.0 Å². The number of piperidine rings is 1. The number of alkyl halides is 1. The molecule has 0 aromatic carbocycles. The number of halogens is 4. The first-order chi connectivity index (χ1) is 16.2. The molecule has 180 valence electrons.